The number of hydrogen-bond acceptors (Lipinski definition) is 4. The van der Waals surface area contributed by atoms with E-state index in [4.69, 9.17) is 17.4 Å². The zero-order valence-corrected chi connectivity index (χ0v) is 21.8. The molecule has 0 unspecified atom stereocenters. The van der Waals surface area contributed by atoms with Gasteiger partial charge in [0.25, 0.3) is 0 Å². The highest BCUT2D eigenvalue weighted by molar-refractivity contribution is 7.80. The first-order chi connectivity index (χ1) is 18.1. The lowest BCUT2D eigenvalue weighted by Crippen LogP contribution is -2.40. The second-order valence-electron chi connectivity index (χ2n) is 9.05. The fourth-order valence-electron chi connectivity index (χ4n) is 4.25. The second kappa shape index (κ2) is 15.5. The van der Waals surface area contributed by atoms with Gasteiger partial charge in [-0.1, -0.05) is 103 Å². The number of nitrogens with one attached hydrogen (secondary N) is 3. The standard InChI is InChI=1S/C30H35N3O3S/c34-28(33-36)21-26(19-18-24-13-6-2-7-14-24)29(35)32-22-27(25-16-8-3-9-17-25)30(37)31-20-10-15-23-11-4-1-5-12-23/h1-9,11-14,16-17,26-27,36H,10,15,18-22H2,(H,31,37)(H,32,35)(H,33,34)/t26-,27-/m1/s1. The van der Waals surface area contributed by atoms with E-state index in [9.17, 15) is 9.59 Å². The Morgan fingerprint density at radius 1 is 0.784 bits per heavy atom. The molecule has 3 rings (SSSR count). The van der Waals surface area contributed by atoms with E-state index in [1.165, 1.54) is 5.56 Å². The molecule has 0 saturated carbocycles. The van der Waals surface area contributed by atoms with Gasteiger partial charge in [-0.25, -0.2) is 5.48 Å². The molecule has 2 amide bonds. The lowest BCUT2D eigenvalue weighted by Gasteiger charge is -2.22. The molecule has 0 saturated heterocycles. The zero-order chi connectivity index (χ0) is 26.3. The summed E-state index contributed by atoms with van der Waals surface area (Å²) in [5, 5.41) is 15.4. The molecule has 0 aromatic heterocycles. The minimum atomic E-state index is -0.580. The van der Waals surface area contributed by atoms with Crippen LogP contribution in [0.25, 0.3) is 0 Å². The van der Waals surface area contributed by atoms with Crippen LogP contribution in [0, 0.1) is 5.92 Å². The monoisotopic (exact) mass is 517 g/mol. The van der Waals surface area contributed by atoms with Crippen molar-refractivity contribution in [3.63, 3.8) is 0 Å². The highest BCUT2D eigenvalue weighted by Crippen LogP contribution is 2.18. The molecule has 0 heterocycles. The van der Waals surface area contributed by atoms with Crippen LogP contribution in [0.1, 0.15) is 41.9 Å². The Bertz CT molecular complexity index is 1110. The van der Waals surface area contributed by atoms with Crippen LogP contribution in [0.2, 0.25) is 0 Å². The summed E-state index contributed by atoms with van der Waals surface area (Å²) in [5.41, 5.74) is 5.04. The highest BCUT2D eigenvalue weighted by Gasteiger charge is 2.24. The number of carbonyl (C=O) groups excluding carboxylic acids is 2. The maximum Gasteiger partial charge on any atom is 0.244 e. The molecule has 37 heavy (non-hydrogen) atoms. The number of thiocarbonyl (C=S) groups is 1. The molecule has 0 fully saturated rings. The van der Waals surface area contributed by atoms with Crippen molar-refractivity contribution < 1.29 is 14.8 Å². The predicted molar refractivity (Wildman–Crippen MR) is 150 cm³/mol. The van der Waals surface area contributed by atoms with E-state index in [-0.39, 0.29) is 18.2 Å². The molecule has 3 aromatic rings. The van der Waals surface area contributed by atoms with Crippen LogP contribution in [-0.2, 0) is 22.4 Å². The summed E-state index contributed by atoms with van der Waals surface area (Å²) in [6.45, 7) is 1.05. The van der Waals surface area contributed by atoms with E-state index in [1.54, 1.807) is 5.48 Å². The van der Waals surface area contributed by atoms with Gasteiger partial charge in [0, 0.05) is 25.4 Å². The molecule has 2 atom stereocenters. The maximum absolute atomic E-state index is 13.2. The zero-order valence-electron chi connectivity index (χ0n) is 20.9. The smallest absolute Gasteiger partial charge is 0.244 e. The Morgan fingerprint density at radius 3 is 1.95 bits per heavy atom. The third-order valence-corrected chi connectivity index (χ3v) is 6.76. The molecule has 0 aliphatic carbocycles. The van der Waals surface area contributed by atoms with Crippen LogP contribution >= 0.6 is 12.2 Å². The van der Waals surface area contributed by atoms with Crippen molar-refractivity contribution in [1.29, 1.82) is 0 Å². The summed E-state index contributed by atoms with van der Waals surface area (Å²) in [6, 6.07) is 30.0. The first-order valence-corrected chi connectivity index (χ1v) is 13.1. The Morgan fingerprint density at radius 2 is 1.35 bits per heavy atom. The van der Waals surface area contributed by atoms with E-state index in [2.05, 4.69) is 22.8 Å². The summed E-state index contributed by atoms with van der Waals surface area (Å²) >= 11 is 5.75. The molecule has 0 spiro atoms. The number of benzene rings is 3. The van der Waals surface area contributed by atoms with Gasteiger partial charge in [0.2, 0.25) is 11.8 Å². The van der Waals surface area contributed by atoms with Crippen molar-refractivity contribution in [3.05, 3.63) is 108 Å². The molecule has 4 N–H and O–H groups in total. The summed E-state index contributed by atoms with van der Waals surface area (Å²) in [5.74, 6) is -1.58. The number of hydroxylamine groups is 1. The van der Waals surface area contributed by atoms with Crippen LogP contribution in [0.15, 0.2) is 91.0 Å². The summed E-state index contributed by atoms with van der Waals surface area (Å²) < 4.78 is 0. The van der Waals surface area contributed by atoms with Gasteiger partial charge in [-0.05, 0) is 42.4 Å². The SMILES string of the molecule is O=C(C[C@@H](CCc1ccccc1)C(=O)NC[C@@H](C(=S)NCCCc1ccccc1)c1ccccc1)NO. The number of carbonyl (C=O) groups is 2. The lowest BCUT2D eigenvalue weighted by molar-refractivity contribution is -0.134. The van der Waals surface area contributed by atoms with Crippen molar-refractivity contribution in [2.24, 2.45) is 5.92 Å². The highest BCUT2D eigenvalue weighted by atomic mass is 32.1. The normalized spacial score (nSPS) is 12.2. The molecular weight excluding hydrogens is 482 g/mol. The van der Waals surface area contributed by atoms with Crippen molar-refractivity contribution in [2.45, 2.75) is 38.0 Å². The van der Waals surface area contributed by atoms with Gasteiger partial charge >= 0.3 is 0 Å². The fraction of sp³-hybridized carbons (Fsp3) is 0.300. The first kappa shape index (κ1) is 28.0. The fourth-order valence-corrected chi connectivity index (χ4v) is 4.57. The van der Waals surface area contributed by atoms with E-state index in [0.29, 0.717) is 24.4 Å². The van der Waals surface area contributed by atoms with E-state index < -0.39 is 11.8 Å². The third-order valence-electron chi connectivity index (χ3n) is 6.33. The quantitative estimate of drug-likeness (QED) is 0.109. The molecule has 0 radical (unpaired) electrons. The molecule has 6 nitrogen and oxygen atoms in total. The Hall–Kier alpha value is -3.55. The Labute approximate surface area is 224 Å². The molecule has 194 valence electrons. The van der Waals surface area contributed by atoms with Crippen molar-refractivity contribution in [2.75, 3.05) is 13.1 Å². The largest absolute Gasteiger partial charge is 0.379 e. The van der Waals surface area contributed by atoms with Gasteiger partial charge in [-0.2, -0.15) is 0 Å². The van der Waals surface area contributed by atoms with E-state index in [0.717, 1.165) is 30.5 Å². The van der Waals surface area contributed by atoms with Gasteiger partial charge in [-0.15, -0.1) is 0 Å². The number of hydrogen-bond donors (Lipinski definition) is 4. The molecule has 0 bridgehead atoms. The Kier molecular flexibility index (Phi) is 11.8. The van der Waals surface area contributed by atoms with Gasteiger partial charge in [0.15, 0.2) is 0 Å². The van der Waals surface area contributed by atoms with Crippen LogP contribution in [0.3, 0.4) is 0 Å². The van der Waals surface area contributed by atoms with Crippen LogP contribution in [0.4, 0.5) is 0 Å². The van der Waals surface area contributed by atoms with Gasteiger partial charge in [-0.3, -0.25) is 14.8 Å². The van der Waals surface area contributed by atoms with E-state index >= 15 is 0 Å². The topological polar surface area (TPSA) is 90.5 Å². The lowest BCUT2D eigenvalue weighted by atomic mass is 9.94. The van der Waals surface area contributed by atoms with Crippen LogP contribution in [0.5, 0.6) is 0 Å². The van der Waals surface area contributed by atoms with Gasteiger partial charge in [0.1, 0.15) is 0 Å². The average molecular weight is 518 g/mol. The van der Waals surface area contributed by atoms with Gasteiger partial charge < -0.3 is 10.6 Å². The van der Waals surface area contributed by atoms with E-state index in [1.807, 2.05) is 78.9 Å². The summed E-state index contributed by atoms with van der Waals surface area (Å²) in [6.07, 6.45) is 2.95. The molecular formula is C30H35N3O3S. The minimum Gasteiger partial charge on any atom is -0.379 e. The Balaban J connectivity index is 1.59. The van der Waals surface area contributed by atoms with Crippen molar-refractivity contribution in [3.8, 4) is 0 Å². The molecule has 7 heteroatoms. The predicted octanol–water partition coefficient (Wildman–Crippen LogP) is 4.58. The van der Waals surface area contributed by atoms with Crippen LogP contribution in [-0.4, -0.2) is 35.1 Å². The summed E-state index contributed by atoms with van der Waals surface area (Å²) in [4.78, 5) is 25.7. The van der Waals surface area contributed by atoms with Crippen molar-refractivity contribution in [1.82, 2.24) is 16.1 Å². The molecule has 3 aromatic carbocycles. The first-order valence-electron chi connectivity index (χ1n) is 12.7. The van der Waals surface area contributed by atoms with Crippen molar-refractivity contribution >= 4 is 29.0 Å². The third kappa shape index (κ3) is 9.79. The molecule has 0 aliphatic rings. The number of rotatable bonds is 14. The average Bonchev–Trinajstić information content (AvgIpc) is 2.95. The number of amides is 2. The second-order valence-corrected chi connectivity index (χ2v) is 9.49. The summed E-state index contributed by atoms with van der Waals surface area (Å²) in [7, 11) is 0. The molecule has 0 aliphatic heterocycles. The number of aryl methyl sites for hydroxylation is 2. The van der Waals surface area contributed by atoms with Gasteiger partial charge in [0.05, 0.1) is 10.9 Å². The minimum absolute atomic E-state index is 0.0899. The van der Waals surface area contributed by atoms with Crippen LogP contribution < -0.4 is 16.1 Å². The maximum atomic E-state index is 13.2.